The zero-order valence-corrected chi connectivity index (χ0v) is 16.8. The van der Waals surface area contributed by atoms with E-state index in [0.29, 0.717) is 5.56 Å². The summed E-state index contributed by atoms with van der Waals surface area (Å²) < 4.78 is 45.1. The molecule has 0 heterocycles. The van der Waals surface area contributed by atoms with Gasteiger partial charge in [-0.05, 0) is 22.7 Å². The number of halogens is 3. The molecule has 6 heteroatoms. The van der Waals surface area contributed by atoms with Gasteiger partial charge >= 0.3 is 6.18 Å². The standard InChI is InChI=1S/C19H29F3O2Si/c1-13(2)25(14(3)4,15(5)6)24-17(12-18(23)19(20,21)22)16-10-8-7-9-11-16/h7-15,18,23H,1-6H3/b17-12-/t18-/m1/s1. The summed E-state index contributed by atoms with van der Waals surface area (Å²) in [5, 5.41) is 9.56. The summed E-state index contributed by atoms with van der Waals surface area (Å²) in [7, 11) is -2.45. The Morgan fingerprint density at radius 1 is 0.960 bits per heavy atom. The number of aliphatic hydroxyl groups is 1. The quantitative estimate of drug-likeness (QED) is 0.459. The van der Waals surface area contributed by atoms with Gasteiger partial charge in [-0.1, -0.05) is 71.9 Å². The van der Waals surface area contributed by atoms with E-state index >= 15 is 0 Å². The van der Waals surface area contributed by atoms with E-state index in [1.807, 2.05) is 0 Å². The van der Waals surface area contributed by atoms with Crippen LogP contribution < -0.4 is 0 Å². The van der Waals surface area contributed by atoms with Gasteiger partial charge in [0.25, 0.3) is 8.32 Å². The second kappa shape index (κ2) is 8.41. The van der Waals surface area contributed by atoms with Crippen molar-refractivity contribution >= 4 is 14.1 Å². The number of hydrogen-bond donors (Lipinski definition) is 1. The van der Waals surface area contributed by atoms with Gasteiger partial charge in [0.05, 0.1) is 0 Å². The van der Waals surface area contributed by atoms with Gasteiger partial charge in [0.1, 0.15) is 5.76 Å². The molecule has 0 fully saturated rings. The monoisotopic (exact) mass is 374 g/mol. The van der Waals surface area contributed by atoms with Crippen molar-refractivity contribution in [3.05, 3.63) is 42.0 Å². The van der Waals surface area contributed by atoms with Crippen molar-refractivity contribution in [2.75, 3.05) is 0 Å². The van der Waals surface area contributed by atoms with Gasteiger partial charge in [0.2, 0.25) is 0 Å². The predicted molar refractivity (Wildman–Crippen MR) is 98.6 cm³/mol. The Hall–Kier alpha value is -1.27. The summed E-state index contributed by atoms with van der Waals surface area (Å²) >= 11 is 0. The van der Waals surface area contributed by atoms with Crippen molar-refractivity contribution < 1.29 is 22.7 Å². The molecule has 1 aromatic carbocycles. The molecule has 0 aromatic heterocycles. The summed E-state index contributed by atoms with van der Waals surface area (Å²) in [4.78, 5) is 0. The van der Waals surface area contributed by atoms with Crippen LogP contribution in [0.1, 0.15) is 47.1 Å². The van der Waals surface area contributed by atoms with Gasteiger partial charge in [-0.3, -0.25) is 0 Å². The number of hydrogen-bond acceptors (Lipinski definition) is 2. The van der Waals surface area contributed by atoms with Gasteiger partial charge in [-0.2, -0.15) is 13.2 Å². The molecule has 0 aliphatic carbocycles. The Labute approximate surface area is 149 Å². The van der Waals surface area contributed by atoms with Gasteiger partial charge in [-0.15, -0.1) is 0 Å². The predicted octanol–water partition coefficient (Wildman–Crippen LogP) is 6.14. The molecule has 0 radical (unpaired) electrons. The van der Waals surface area contributed by atoms with Crippen molar-refractivity contribution in [1.82, 2.24) is 0 Å². The van der Waals surface area contributed by atoms with E-state index in [1.165, 1.54) is 0 Å². The van der Waals surface area contributed by atoms with E-state index < -0.39 is 20.6 Å². The minimum Gasteiger partial charge on any atom is -0.542 e. The highest BCUT2D eigenvalue weighted by Gasteiger charge is 2.48. The van der Waals surface area contributed by atoms with Gasteiger partial charge in [-0.25, -0.2) is 0 Å². The summed E-state index contributed by atoms with van der Waals surface area (Å²) in [5.41, 5.74) is 1.18. The van der Waals surface area contributed by atoms with Gasteiger partial charge < -0.3 is 9.53 Å². The maximum Gasteiger partial charge on any atom is 0.418 e. The second-order valence-electron chi connectivity index (χ2n) is 7.30. The lowest BCUT2D eigenvalue weighted by atomic mass is 10.1. The lowest BCUT2D eigenvalue weighted by Crippen LogP contribution is -2.47. The third-order valence-corrected chi connectivity index (χ3v) is 10.7. The largest absolute Gasteiger partial charge is 0.542 e. The van der Waals surface area contributed by atoms with Crippen LogP contribution in [0.25, 0.3) is 5.76 Å². The first kappa shape index (κ1) is 21.8. The summed E-state index contributed by atoms with van der Waals surface area (Å²) in [6.07, 6.45) is -6.48. The first-order chi connectivity index (χ1) is 11.4. The van der Waals surface area contributed by atoms with Gasteiger partial charge in [0, 0.05) is 5.56 Å². The lowest BCUT2D eigenvalue weighted by Gasteiger charge is -2.43. The van der Waals surface area contributed by atoms with E-state index in [4.69, 9.17) is 4.43 Å². The smallest absolute Gasteiger partial charge is 0.418 e. The molecule has 1 aromatic rings. The summed E-state index contributed by atoms with van der Waals surface area (Å²) in [6.45, 7) is 12.4. The average molecular weight is 375 g/mol. The molecular weight excluding hydrogens is 345 g/mol. The second-order valence-corrected chi connectivity index (χ2v) is 12.7. The van der Waals surface area contributed by atoms with Crippen LogP contribution in [0.4, 0.5) is 13.2 Å². The van der Waals surface area contributed by atoms with Crippen molar-refractivity contribution in [2.24, 2.45) is 0 Å². The Kier molecular flexibility index (Phi) is 7.32. The molecule has 0 saturated carbocycles. The summed E-state index contributed by atoms with van der Waals surface area (Å²) in [5.74, 6) is 0.119. The number of aliphatic hydroxyl groups excluding tert-OH is 1. The van der Waals surface area contributed by atoms with Crippen LogP contribution in [-0.4, -0.2) is 25.7 Å². The number of benzene rings is 1. The Morgan fingerprint density at radius 3 is 1.76 bits per heavy atom. The van der Waals surface area contributed by atoms with Crippen LogP contribution in [0.15, 0.2) is 36.4 Å². The van der Waals surface area contributed by atoms with Crippen LogP contribution in [0.5, 0.6) is 0 Å². The molecule has 142 valence electrons. The van der Waals surface area contributed by atoms with E-state index in [2.05, 4.69) is 41.5 Å². The van der Waals surface area contributed by atoms with Crippen molar-refractivity contribution in [3.8, 4) is 0 Å². The Morgan fingerprint density at radius 2 is 1.40 bits per heavy atom. The molecule has 0 unspecified atom stereocenters. The first-order valence-electron chi connectivity index (χ1n) is 8.63. The molecule has 0 spiro atoms. The van der Waals surface area contributed by atoms with E-state index in [-0.39, 0.29) is 22.4 Å². The topological polar surface area (TPSA) is 29.5 Å². The highest BCUT2D eigenvalue weighted by atomic mass is 28.4. The minimum atomic E-state index is -4.72. The minimum absolute atomic E-state index is 0.119. The molecule has 0 aliphatic rings. The van der Waals surface area contributed by atoms with E-state index in [0.717, 1.165) is 6.08 Å². The molecule has 0 amide bonds. The zero-order valence-electron chi connectivity index (χ0n) is 15.8. The fourth-order valence-corrected chi connectivity index (χ4v) is 8.85. The van der Waals surface area contributed by atoms with Crippen molar-refractivity contribution in [1.29, 1.82) is 0 Å². The SMILES string of the molecule is CC(C)[Si](O/C(=C\[C@@H](O)C(F)(F)F)c1ccccc1)(C(C)C)C(C)C. The molecule has 2 nitrogen and oxygen atoms in total. The maximum absolute atomic E-state index is 12.9. The highest BCUT2D eigenvalue weighted by Crippen LogP contribution is 2.45. The van der Waals surface area contributed by atoms with Crippen molar-refractivity contribution in [3.63, 3.8) is 0 Å². The number of alkyl halides is 3. The molecule has 0 aliphatic heterocycles. The van der Waals surface area contributed by atoms with E-state index in [9.17, 15) is 18.3 Å². The average Bonchev–Trinajstić information content (AvgIpc) is 2.49. The molecule has 1 rings (SSSR count). The van der Waals surface area contributed by atoms with Crippen LogP contribution in [0.2, 0.25) is 16.6 Å². The molecule has 1 atom stereocenters. The Bertz CT molecular complexity index is 544. The third-order valence-electron chi connectivity index (χ3n) is 4.70. The molecular formula is C19H29F3O2Si. The summed E-state index contributed by atoms with van der Waals surface area (Å²) in [6, 6.07) is 8.69. The van der Waals surface area contributed by atoms with Crippen LogP contribution in [0.3, 0.4) is 0 Å². The normalized spacial score (nSPS) is 15.2. The highest BCUT2D eigenvalue weighted by molar-refractivity contribution is 6.78. The number of rotatable bonds is 7. The van der Waals surface area contributed by atoms with Crippen LogP contribution in [0, 0.1) is 0 Å². The molecule has 25 heavy (non-hydrogen) atoms. The molecule has 0 saturated heterocycles. The lowest BCUT2D eigenvalue weighted by molar-refractivity contribution is -0.187. The first-order valence-corrected chi connectivity index (χ1v) is 10.8. The van der Waals surface area contributed by atoms with Crippen LogP contribution in [-0.2, 0) is 4.43 Å². The zero-order chi connectivity index (χ0) is 19.4. The van der Waals surface area contributed by atoms with Gasteiger partial charge in [0.15, 0.2) is 6.10 Å². The van der Waals surface area contributed by atoms with Crippen molar-refractivity contribution in [2.45, 2.75) is 70.4 Å². The molecule has 0 bridgehead atoms. The Balaban J connectivity index is 3.45. The van der Waals surface area contributed by atoms with Crippen LogP contribution >= 0.6 is 0 Å². The molecule has 1 N–H and O–H groups in total. The third kappa shape index (κ3) is 5.11. The maximum atomic E-state index is 12.9. The fourth-order valence-electron chi connectivity index (χ4n) is 3.57. The fraction of sp³-hybridized carbons (Fsp3) is 0.579. The van der Waals surface area contributed by atoms with E-state index in [1.54, 1.807) is 30.3 Å².